The number of sulfone groups is 1. The summed E-state index contributed by atoms with van der Waals surface area (Å²) in [6, 6.07) is 6.02. The van der Waals surface area contributed by atoms with E-state index in [1.807, 2.05) is 0 Å². The SMILES string of the molecule is O=C(O)[C@@H]1CS(=O)(=O)c2ccccc2O1. The van der Waals surface area contributed by atoms with Gasteiger partial charge in [0.2, 0.25) is 6.10 Å². The van der Waals surface area contributed by atoms with Crippen LogP contribution < -0.4 is 4.74 Å². The van der Waals surface area contributed by atoms with Gasteiger partial charge in [-0.3, -0.25) is 0 Å². The summed E-state index contributed by atoms with van der Waals surface area (Å²) >= 11 is 0. The molecule has 1 aliphatic rings. The molecule has 1 aromatic rings. The molecule has 0 aliphatic carbocycles. The first-order chi connectivity index (χ1) is 7.00. The molecule has 1 N–H and O–H groups in total. The molecule has 0 saturated heterocycles. The Labute approximate surface area is 86.2 Å². The van der Waals surface area contributed by atoms with Crippen molar-refractivity contribution in [2.75, 3.05) is 5.75 Å². The molecular weight excluding hydrogens is 220 g/mol. The highest BCUT2D eigenvalue weighted by Gasteiger charge is 2.35. The van der Waals surface area contributed by atoms with E-state index in [-0.39, 0.29) is 10.6 Å². The lowest BCUT2D eigenvalue weighted by molar-refractivity contribution is -0.144. The Morgan fingerprint density at radius 3 is 2.73 bits per heavy atom. The van der Waals surface area contributed by atoms with Crippen LogP contribution in [0.5, 0.6) is 5.75 Å². The zero-order valence-corrected chi connectivity index (χ0v) is 8.40. The summed E-state index contributed by atoms with van der Waals surface area (Å²) in [6.07, 6.45) is -1.31. The van der Waals surface area contributed by atoms with Crippen molar-refractivity contribution in [2.24, 2.45) is 0 Å². The first-order valence-corrected chi connectivity index (χ1v) is 5.87. The maximum absolute atomic E-state index is 11.6. The third kappa shape index (κ3) is 1.68. The molecule has 1 aliphatic heterocycles. The molecule has 1 atom stereocenters. The van der Waals surface area contributed by atoms with Gasteiger partial charge in [0.15, 0.2) is 9.84 Å². The fraction of sp³-hybridized carbons (Fsp3) is 0.222. The van der Waals surface area contributed by atoms with Crippen molar-refractivity contribution in [2.45, 2.75) is 11.0 Å². The Balaban J connectivity index is 2.53. The quantitative estimate of drug-likeness (QED) is 0.748. The Morgan fingerprint density at radius 2 is 2.07 bits per heavy atom. The van der Waals surface area contributed by atoms with E-state index in [1.165, 1.54) is 12.1 Å². The van der Waals surface area contributed by atoms with Gasteiger partial charge in [-0.05, 0) is 12.1 Å². The number of ether oxygens (including phenoxy) is 1. The van der Waals surface area contributed by atoms with Crippen LogP contribution in [0.2, 0.25) is 0 Å². The van der Waals surface area contributed by atoms with E-state index in [1.54, 1.807) is 12.1 Å². The third-order valence-electron chi connectivity index (χ3n) is 2.10. The fourth-order valence-corrected chi connectivity index (χ4v) is 2.90. The molecule has 6 heteroatoms. The highest BCUT2D eigenvalue weighted by Crippen LogP contribution is 2.30. The first kappa shape index (κ1) is 9.97. The van der Waals surface area contributed by atoms with E-state index in [0.29, 0.717) is 0 Å². The summed E-state index contributed by atoms with van der Waals surface area (Å²) < 4.78 is 28.3. The maximum atomic E-state index is 11.6. The molecule has 0 radical (unpaired) electrons. The Morgan fingerprint density at radius 1 is 1.40 bits per heavy atom. The van der Waals surface area contributed by atoms with Crippen LogP contribution in [0.3, 0.4) is 0 Å². The number of rotatable bonds is 1. The van der Waals surface area contributed by atoms with Gasteiger partial charge in [-0.1, -0.05) is 12.1 Å². The van der Waals surface area contributed by atoms with Gasteiger partial charge in [-0.15, -0.1) is 0 Å². The number of carboxylic acids is 1. The van der Waals surface area contributed by atoms with Crippen LogP contribution in [0.4, 0.5) is 0 Å². The van der Waals surface area contributed by atoms with Gasteiger partial charge in [0.05, 0.1) is 0 Å². The van der Waals surface area contributed by atoms with E-state index in [9.17, 15) is 13.2 Å². The Hall–Kier alpha value is -1.56. The number of hydrogen-bond acceptors (Lipinski definition) is 4. The largest absolute Gasteiger partial charge is 0.478 e. The molecule has 1 heterocycles. The lowest BCUT2D eigenvalue weighted by atomic mass is 10.3. The van der Waals surface area contributed by atoms with Crippen LogP contribution in [0.25, 0.3) is 0 Å². The minimum atomic E-state index is -3.54. The van der Waals surface area contributed by atoms with Gasteiger partial charge in [-0.25, -0.2) is 13.2 Å². The maximum Gasteiger partial charge on any atom is 0.346 e. The predicted molar refractivity (Wildman–Crippen MR) is 50.5 cm³/mol. The van der Waals surface area contributed by atoms with Crippen molar-refractivity contribution in [1.82, 2.24) is 0 Å². The molecule has 0 saturated carbocycles. The van der Waals surface area contributed by atoms with Crippen LogP contribution in [0.15, 0.2) is 29.2 Å². The summed E-state index contributed by atoms with van der Waals surface area (Å²) in [5.41, 5.74) is 0. The fourth-order valence-electron chi connectivity index (χ4n) is 1.40. The van der Waals surface area contributed by atoms with Crippen LogP contribution >= 0.6 is 0 Å². The zero-order valence-electron chi connectivity index (χ0n) is 7.58. The van der Waals surface area contributed by atoms with Gasteiger partial charge in [-0.2, -0.15) is 0 Å². The monoisotopic (exact) mass is 228 g/mol. The lowest BCUT2D eigenvalue weighted by Crippen LogP contribution is -2.38. The molecule has 0 aromatic heterocycles. The average molecular weight is 228 g/mol. The molecule has 5 nitrogen and oxygen atoms in total. The number of hydrogen-bond donors (Lipinski definition) is 1. The van der Waals surface area contributed by atoms with Gasteiger partial charge >= 0.3 is 5.97 Å². The minimum Gasteiger partial charge on any atom is -0.478 e. The average Bonchev–Trinajstić information content (AvgIpc) is 2.16. The minimum absolute atomic E-state index is 0.0579. The smallest absolute Gasteiger partial charge is 0.346 e. The molecule has 0 spiro atoms. The van der Waals surface area contributed by atoms with Crippen molar-refractivity contribution in [3.8, 4) is 5.75 Å². The zero-order chi connectivity index (χ0) is 11.1. The van der Waals surface area contributed by atoms with Crippen LogP contribution in [-0.4, -0.2) is 31.4 Å². The topological polar surface area (TPSA) is 80.7 Å². The molecule has 0 unspecified atom stereocenters. The molecular formula is C9H8O5S. The number of fused-ring (bicyclic) bond motifs is 1. The van der Waals surface area contributed by atoms with E-state index >= 15 is 0 Å². The Bertz CT molecular complexity index is 505. The number of benzene rings is 1. The highest BCUT2D eigenvalue weighted by atomic mass is 32.2. The van der Waals surface area contributed by atoms with E-state index in [0.717, 1.165) is 0 Å². The predicted octanol–water partition coefficient (Wildman–Crippen LogP) is 0.306. The first-order valence-electron chi connectivity index (χ1n) is 4.22. The molecule has 2 rings (SSSR count). The summed E-state index contributed by atoms with van der Waals surface area (Å²) in [5, 5.41) is 8.71. The van der Waals surface area contributed by atoms with Gasteiger partial charge in [0.1, 0.15) is 16.4 Å². The van der Waals surface area contributed by atoms with E-state index in [2.05, 4.69) is 0 Å². The summed E-state index contributed by atoms with van der Waals surface area (Å²) in [6.45, 7) is 0. The third-order valence-corrected chi connectivity index (χ3v) is 3.85. The highest BCUT2D eigenvalue weighted by molar-refractivity contribution is 7.91. The van der Waals surface area contributed by atoms with Gasteiger partial charge < -0.3 is 9.84 Å². The molecule has 0 amide bonds. The Kier molecular flexibility index (Phi) is 2.15. The van der Waals surface area contributed by atoms with Crippen molar-refractivity contribution in [3.63, 3.8) is 0 Å². The van der Waals surface area contributed by atoms with Crippen molar-refractivity contribution < 1.29 is 23.1 Å². The van der Waals surface area contributed by atoms with Crippen LogP contribution in [-0.2, 0) is 14.6 Å². The second-order valence-electron chi connectivity index (χ2n) is 3.17. The lowest BCUT2D eigenvalue weighted by Gasteiger charge is -2.22. The van der Waals surface area contributed by atoms with Crippen molar-refractivity contribution in [1.29, 1.82) is 0 Å². The van der Waals surface area contributed by atoms with Crippen LogP contribution in [0, 0.1) is 0 Å². The number of carboxylic acid groups (broad SMARTS) is 1. The second-order valence-corrected chi connectivity index (χ2v) is 5.18. The summed E-state index contributed by atoms with van der Waals surface area (Å²) in [7, 11) is -3.54. The van der Waals surface area contributed by atoms with Gasteiger partial charge in [0, 0.05) is 0 Å². The summed E-state index contributed by atoms with van der Waals surface area (Å²) in [4.78, 5) is 10.7. The molecule has 15 heavy (non-hydrogen) atoms. The molecule has 0 fully saturated rings. The van der Waals surface area contributed by atoms with E-state index < -0.39 is 27.7 Å². The molecule has 0 bridgehead atoms. The number of carbonyl (C=O) groups is 1. The van der Waals surface area contributed by atoms with E-state index in [4.69, 9.17) is 9.84 Å². The van der Waals surface area contributed by atoms with Crippen molar-refractivity contribution >= 4 is 15.8 Å². The standard InChI is InChI=1S/C9H8O5S/c10-9(11)7-5-15(12,13)8-4-2-1-3-6(8)14-7/h1-4,7H,5H2,(H,10,11)/t7-/m0/s1. The normalized spacial score (nSPS) is 22.5. The molecule has 1 aromatic carbocycles. The van der Waals surface area contributed by atoms with Crippen LogP contribution in [0.1, 0.15) is 0 Å². The number of para-hydroxylation sites is 1. The number of aliphatic carboxylic acids is 1. The summed E-state index contributed by atoms with van der Waals surface area (Å²) in [5.74, 6) is -1.68. The molecule has 80 valence electrons. The second kappa shape index (κ2) is 3.23. The van der Waals surface area contributed by atoms with Crippen molar-refractivity contribution in [3.05, 3.63) is 24.3 Å². The van der Waals surface area contributed by atoms with Gasteiger partial charge in [0.25, 0.3) is 0 Å².